The summed E-state index contributed by atoms with van der Waals surface area (Å²) >= 11 is 1.77. The fourth-order valence-electron chi connectivity index (χ4n) is 0.865. The molecule has 0 bridgehead atoms. The zero-order chi connectivity index (χ0) is 8.81. The number of rotatable bonds is 4. The molecule has 1 heterocycles. The highest BCUT2D eigenvalue weighted by Gasteiger charge is 1.87. The van der Waals surface area contributed by atoms with Gasteiger partial charge in [0.2, 0.25) is 0 Å². The molecule has 0 radical (unpaired) electrons. The Labute approximate surface area is 78.1 Å². The molecule has 0 unspecified atom stereocenters. The highest BCUT2D eigenvalue weighted by Crippen LogP contribution is 2.09. The standard InChI is InChI=1S/C10H15NS/c1-9(2)11-7-3-5-10-6-4-8-12-10/h3-6,8-9,11H,7H2,1-2H3. The first-order valence-electron chi connectivity index (χ1n) is 4.22. The molecule has 12 heavy (non-hydrogen) atoms. The molecule has 0 atom stereocenters. The molecule has 0 saturated carbocycles. The average molecular weight is 181 g/mol. The summed E-state index contributed by atoms with van der Waals surface area (Å²) in [7, 11) is 0. The fourth-order valence-corrected chi connectivity index (χ4v) is 1.51. The van der Waals surface area contributed by atoms with Crippen molar-refractivity contribution in [2.24, 2.45) is 0 Å². The molecular formula is C10H15NS. The lowest BCUT2D eigenvalue weighted by Gasteiger charge is -2.02. The molecule has 66 valence electrons. The van der Waals surface area contributed by atoms with Gasteiger partial charge >= 0.3 is 0 Å². The average Bonchev–Trinajstić information content (AvgIpc) is 2.49. The molecule has 1 nitrogen and oxygen atoms in total. The smallest absolute Gasteiger partial charge is 0.0267 e. The van der Waals surface area contributed by atoms with Gasteiger partial charge in [-0.2, -0.15) is 0 Å². The van der Waals surface area contributed by atoms with Gasteiger partial charge in [0.1, 0.15) is 0 Å². The number of hydrogen-bond acceptors (Lipinski definition) is 2. The van der Waals surface area contributed by atoms with Crippen LogP contribution in [0.1, 0.15) is 18.7 Å². The van der Waals surface area contributed by atoms with Gasteiger partial charge in [-0.05, 0) is 17.5 Å². The predicted octanol–water partition coefficient (Wildman–Crippen LogP) is 2.76. The Kier molecular flexibility index (Phi) is 4.05. The molecule has 0 amide bonds. The number of hydrogen-bond donors (Lipinski definition) is 1. The SMILES string of the molecule is CC(C)NCC=Cc1cccs1. The Balaban J connectivity index is 2.23. The van der Waals surface area contributed by atoms with Crippen LogP contribution in [0, 0.1) is 0 Å². The van der Waals surface area contributed by atoms with Gasteiger partial charge in [-0.15, -0.1) is 11.3 Å². The Bertz CT molecular complexity index is 224. The van der Waals surface area contributed by atoms with E-state index in [2.05, 4.69) is 48.8 Å². The highest BCUT2D eigenvalue weighted by atomic mass is 32.1. The third-order valence-electron chi connectivity index (χ3n) is 1.47. The summed E-state index contributed by atoms with van der Waals surface area (Å²) in [5.41, 5.74) is 0. The first-order chi connectivity index (χ1) is 5.79. The second-order valence-electron chi connectivity index (χ2n) is 2.98. The number of thiophene rings is 1. The van der Waals surface area contributed by atoms with E-state index in [4.69, 9.17) is 0 Å². The van der Waals surface area contributed by atoms with Gasteiger partial charge in [0, 0.05) is 17.5 Å². The molecular weight excluding hydrogens is 166 g/mol. The van der Waals surface area contributed by atoms with E-state index in [1.807, 2.05) is 0 Å². The molecule has 1 N–H and O–H groups in total. The first-order valence-corrected chi connectivity index (χ1v) is 5.10. The predicted molar refractivity (Wildman–Crippen MR) is 56.5 cm³/mol. The normalized spacial score (nSPS) is 11.6. The summed E-state index contributed by atoms with van der Waals surface area (Å²) in [5.74, 6) is 0. The Morgan fingerprint density at radius 3 is 3.00 bits per heavy atom. The van der Waals surface area contributed by atoms with E-state index in [-0.39, 0.29) is 0 Å². The van der Waals surface area contributed by atoms with E-state index in [0.29, 0.717) is 6.04 Å². The van der Waals surface area contributed by atoms with Gasteiger partial charge in [0.25, 0.3) is 0 Å². The molecule has 0 fully saturated rings. The van der Waals surface area contributed by atoms with Gasteiger partial charge in [-0.1, -0.05) is 26.0 Å². The maximum absolute atomic E-state index is 3.33. The topological polar surface area (TPSA) is 12.0 Å². The molecule has 1 aromatic rings. The molecule has 0 saturated heterocycles. The molecule has 0 aliphatic carbocycles. The molecule has 0 spiro atoms. The van der Waals surface area contributed by atoms with Crippen molar-refractivity contribution in [1.29, 1.82) is 0 Å². The molecule has 1 rings (SSSR count). The van der Waals surface area contributed by atoms with Gasteiger partial charge < -0.3 is 5.32 Å². The summed E-state index contributed by atoms with van der Waals surface area (Å²) in [6.07, 6.45) is 4.31. The van der Waals surface area contributed by atoms with Crippen molar-refractivity contribution in [3.8, 4) is 0 Å². The maximum atomic E-state index is 3.33. The van der Waals surface area contributed by atoms with E-state index in [0.717, 1.165) is 6.54 Å². The van der Waals surface area contributed by atoms with E-state index in [1.54, 1.807) is 11.3 Å². The van der Waals surface area contributed by atoms with Crippen LogP contribution in [0.5, 0.6) is 0 Å². The van der Waals surface area contributed by atoms with Crippen LogP contribution < -0.4 is 5.32 Å². The monoisotopic (exact) mass is 181 g/mol. The lowest BCUT2D eigenvalue weighted by Crippen LogP contribution is -2.22. The van der Waals surface area contributed by atoms with Crippen molar-refractivity contribution >= 4 is 17.4 Å². The lowest BCUT2D eigenvalue weighted by atomic mass is 10.3. The van der Waals surface area contributed by atoms with Gasteiger partial charge in [-0.3, -0.25) is 0 Å². The Hall–Kier alpha value is -0.600. The first kappa shape index (κ1) is 9.49. The van der Waals surface area contributed by atoms with Crippen molar-refractivity contribution in [2.45, 2.75) is 19.9 Å². The summed E-state index contributed by atoms with van der Waals surface area (Å²) in [6, 6.07) is 4.76. The van der Waals surface area contributed by atoms with Crippen molar-refractivity contribution in [2.75, 3.05) is 6.54 Å². The number of nitrogens with one attached hydrogen (secondary N) is 1. The molecule has 0 aromatic carbocycles. The molecule has 0 aliphatic rings. The van der Waals surface area contributed by atoms with E-state index < -0.39 is 0 Å². The maximum Gasteiger partial charge on any atom is 0.0267 e. The summed E-state index contributed by atoms with van der Waals surface area (Å²) in [6.45, 7) is 5.26. The Morgan fingerprint density at radius 1 is 1.58 bits per heavy atom. The summed E-state index contributed by atoms with van der Waals surface area (Å²) in [5, 5.41) is 5.42. The van der Waals surface area contributed by atoms with Crippen LogP contribution in [0.2, 0.25) is 0 Å². The third kappa shape index (κ3) is 3.69. The summed E-state index contributed by atoms with van der Waals surface area (Å²) < 4.78 is 0. The van der Waals surface area contributed by atoms with E-state index in [9.17, 15) is 0 Å². The zero-order valence-corrected chi connectivity index (χ0v) is 8.40. The second-order valence-corrected chi connectivity index (χ2v) is 3.96. The van der Waals surface area contributed by atoms with Crippen molar-refractivity contribution in [3.05, 3.63) is 28.5 Å². The fraction of sp³-hybridized carbons (Fsp3) is 0.400. The zero-order valence-electron chi connectivity index (χ0n) is 7.58. The van der Waals surface area contributed by atoms with E-state index in [1.165, 1.54) is 4.88 Å². The van der Waals surface area contributed by atoms with Crippen molar-refractivity contribution in [1.82, 2.24) is 5.32 Å². The summed E-state index contributed by atoms with van der Waals surface area (Å²) in [4.78, 5) is 1.32. The minimum atomic E-state index is 0.568. The molecule has 0 aliphatic heterocycles. The minimum absolute atomic E-state index is 0.568. The van der Waals surface area contributed by atoms with Crippen LogP contribution in [0.4, 0.5) is 0 Å². The van der Waals surface area contributed by atoms with Crippen LogP contribution in [0.25, 0.3) is 6.08 Å². The second kappa shape index (κ2) is 5.12. The van der Waals surface area contributed by atoms with Crippen LogP contribution in [0.3, 0.4) is 0 Å². The highest BCUT2D eigenvalue weighted by molar-refractivity contribution is 7.10. The quantitative estimate of drug-likeness (QED) is 0.753. The third-order valence-corrected chi connectivity index (χ3v) is 2.31. The molecule has 1 aromatic heterocycles. The lowest BCUT2D eigenvalue weighted by molar-refractivity contribution is 0.633. The van der Waals surface area contributed by atoms with Gasteiger partial charge in [-0.25, -0.2) is 0 Å². The van der Waals surface area contributed by atoms with Crippen LogP contribution in [-0.2, 0) is 0 Å². The minimum Gasteiger partial charge on any atom is -0.311 e. The van der Waals surface area contributed by atoms with E-state index >= 15 is 0 Å². The van der Waals surface area contributed by atoms with Crippen molar-refractivity contribution < 1.29 is 0 Å². The van der Waals surface area contributed by atoms with Crippen molar-refractivity contribution in [3.63, 3.8) is 0 Å². The molecule has 2 heteroatoms. The van der Waals surface area contributed by atoms with Gasteiger partial charge in [0.15, 0.2) is 0 Å². The van der Waals surface area contributed by atoms with Gasteiger partial charge in [0.05, 0.1) is 0 Å². The van der Waals surface area contributed by atoms with Crippen LogP contribution in [0.15, 0.2) is 23.6 Å². The van der Waals surface area contributed by atoms with Crippen LogP contribution >= 0.6 is 11.3 Å². The van der Waals surface area contributed by atoms with Crippen LogP contribution in [-0.4, -0.2) is 12.6 Å². The Morgan fingerprint density at radius 2 is 2.42 bits per heavy atom. The largest absolute Gasteiger partial charge is 0.311 e.